The van der Waals surface area contributed by atoms with Gasteiger partial charge in [-0.05, 0) is 38.4 Å². The number of aromatic amines is 1. The van der Waals surface area contributed by atoms with E-state index in [0.29, 0.717) is 5.92 Å². The number of rotatable bonds is 5. The standard InChI is InChI=1S/C19H23N7/c1-13-4-3-6-22-18(13)24-16-10-14(2)23-19(25-16)15-5-9-26(11-15)12-17-20-7-8-21-17/h3-4,6-8,10,15H,5,9,11-12H2,1-2H3,(H,20,21)(H,22,23,24,25)/t15-/m1/s1. The Balaban J connectivity index is 1.49. The second-order valence-corrected chi connectivity index (χ2v) is 6.80. The number of hydrogen-bond donors (Lipinski definition) is 2. The quantitative estimate of drug-likeness (QED) is 0.737. The number of imidazole rings is 1. The molecule has 0 amide bonds. The molecule has 1 aliphatic rings. The molecule has 1 saturated heterocycles. The SMILES string of the molecule is Cc1cc(Nc2ncccc2C)nc([C@@H]2CCN(Cc3ncc[nH]3)C2)n1. The number of likely N-dealkylation sites (tertiary alicyclic amines) is 1. The van der Waals surface area contributed by atoms with Crippen LogP contribution in [0.2, 0.25) is 0 Å². The monoisotopic (exact) mass is 349 g/mol. The molecule has 2 N–H and O–H groups in total. The Morgan fingerprint density at radius 3 is 2.96 bits per heavy atom. The van der Waals surface area contributed by atoms with Crippen molar-refractivity contribution >= 4 is 11.6 Å². The first kappa shape index (κ1) is 16.7. The van der Waals surface area contributed by atoms with Crippen LogP contribution in [-0.4, -0.2) is 42.9 Å². The number of nitrogens with one attached hydrogen (secondary N) is 2. The van der Waals surface area contributed by atoms with E-state index in [9.17, 15) is 0 Å². The minimum Gasteiger partial charge on any atom is -0.348 e. The highest BCUT2D eigenvalue weighted by Crippen LogP contribution is 2.27. The van der Waals surface area contributed by atoms with Gasteiger partial charge in [0, 0.05) is 42.8 Å². The van der Waals surface area contributed by atoms with Crippen LogP contribution in [0.4, 0.5) is 11.6 Å². The molecule has 4 heterocycles. The molecule has 0 bridgehead atoms. The molecule has 134 valence electrons. The molecule has 7 heteroatoms. The zero-order valence-electron chi connectivity index (χ0n) is 15.1. The number of nitrogens with zero attached hydrogens (tertiary/aromatic N) is 5. The molecule has 1 fully saturated rings. The normalized spacial score (nSPS) is 17.5. The first-order valence-corrected chi connectivity index (χ1v) is 8.92. The predicted octanol–water partition coefficient (Wildman–Crippen LogP) is 2.94. The maximum absolute atomic E-state index is 4.77. The Hall–Kier alpha value is -2.80. The third-order valence-electron chi connectivity index (χ3n) is 4.69. The van der Waals surface area contributed by atoms with Crippen LogP contribution in [0.3, 0.4) is 0 Å². The lowest BCUT2D eigenvalue weighted by Crippen LogP contribution is -2.21. The maximum atomic E-state index is 4.77. The molecular weight excluding hydrogens is 326 g/mol. The van der Waals surface area contributed by atoms with E-state index in [1.807, 2.05) is 38.2 Å². The van der Waals surface area contributed by atoms with Crippen LogP contribution in [0.1, 0.15) is 35.2 Å². The molecule has 4 rings (SSSR count). The summed E-state index contributed by atoms with van der Waals surface area (Å²) in [5.74, 6) is 3.89. The van der Waals surface area contributed by atoms with Crippen LogP contribution in [0.15, 0.2) is 36.8 Å². The second-order valence-electron chi connectivity index (χ2n) is 6.80. The molecule has 0 radical (unpaired) electrons. The van der Waals surface area contributed by atoms with Crippen molar-refractivity contribution < 1.29 is 0 Å². The summed E-state index contributed by atoms with van der Waals surface area (Å²) in [5.41, 5.74) is 2.06. The molecule has 0 saturated carbocycles. The highest BCUT2D eigenvalue weighted by Gasteiger charge is 2.27. The highest BCUT2D eigenvalue weighted by atomic mass is 15.2. The van der Waals surface area contributed by atoms with E-state index in [2.05, 4.69) is 30.2 Å². The Morgan fingerprint density at radius 1 is 1.23 bits per heavy atom. The van der Waals surface area contributed by atoms with Crippen molar-refractivity contribution in [3.05, 3.63) is 59.7 Å². The van der Waals surface area contributed by atoms with Gasteiger partial charge in [-0.25, -0.2) is 19.9 Å². The van der Waals surface area contributed by atoms with Gasteiger partial charge in [-0.1, -0.05) is 6.07 Å². The molecule has 7 nitrogen and oxygen atoms in total. The molecule has 26 heavy (non-hydrogen) atoms. The number of H-pyrrole nitrogens is 1. The van der Waals surface area contributed by atoms with E-state index in [4.69, 9.17) is 4.98 Å². The maximum Gasteiger partial charge on any atom is 0.135 e. The number of hydrogen-bond acceptors (Lipinski definition) is 6. The van der Waals surface area contributed by atoms with Gasteiger partial charge in [0.1, 0.15) is 23.3 Å². The lowest BCUT2D eigenvalue weighted by Gasteiger charge is -2.15. The topological polar surface area (TPSA) is 82.6 Å². The Labute approximate surface area is 152 Å². The average Bonchev–Trinajstić information content (AvgIpc) is 3.29. The molecule has 0 aliphatic carbocycles. The number of anilines is 2. The Kier molecular flexibility index (Phi) is 4.62. The summed E-state index contributed by atoms with van der Waals surface area (Å²) in [5, 5.41) is 3.33. The van der Waals surface area contributed by atoms with Crippen LogP contribution in [0, 0.1) is 13.8 Å². The lowest BCUT2D eigenvalue weighted by molar-refractivity contribution is 0.318. The van der Waals surface area contributed by atoms with Crippen molar-refractivity contribution in [2.75, 3.05) is 18.4 Å². The molecule has 0 spiro atoms. The molecular formula is C19H23N7. The summed E-state index contributed by atoms with van der Waals surface area (Å²) in [6.45, 7) is 6.87. The minimum absolute atomic E-state index is 0.343. The van der Waals surface area contributed by atoms with E-state index in [-0.39, 0.29) is 0 Å². The fourth-order valence-electron chi connectivity index (χ4n) is 3.36. The summed E-state index contributed by atoms with van der Waals surface area (Å²) in [6.07, 6.45) is 6.51. The van der Waals surface area contributed by atoms with Crippen molar-refractivity contribution in [2.24, 2.45) is 0 Å². The first-order chi connectivity index (χ1) is 12.7. The van der Waals surface area contributed by atoms with E-state index >= 15 is 0 Å². The van der Waals surface area contributed by atoms with Crippen molar-refractivity contribution in [3.8, 4) is 0 Å². The van der Waals surface area contributed by atoms with Gasteiger partial charge in [0.15, 0.2) is 0 Å². The van der Waals surface area contributed by atoms with Crippen LogP contribution < -0.4 is 5.32 Å². The van der Waals surface area contributed by atoms with Gasteiger partial charge in [0.25, 0.3) is 0 Å². The molecule has 1 aliphatic heterocycles. The Bertz CT molecular complexity index is 875. The predicted molar refractivity (Wildman–Crippen MR) is 100 cm³/mol. The van der Waals surface area contributed by atoms with Gasteiger partial charge in [-0.15, -0.1) is 0 Å². The van der Waals surface area contributed by atoms with Gasteiger partial charge in [-0.2, -0.15) is 0 Å². The van der Waals surface area contributed by atoms with Crippen molar-refractivity contribution in [2.45, 2.75) is 32.7 Å². The molecule has 1 atom stereocenters. The van der Waals surface area contributed by atoms with Crippen LogP contribution in [0.5, 0.6) is 0 Å². The van der Waals surface area contributed by atoms with Gasteiger partial charge >= 0.3 is 0 Å². The van der Waals surface area contributed by atoms with Crippen molar-refractivity contribution in [1.82, 2.24) is 29.8 Å². The van der Waals surface area contributed by atoms with Crippen molar-refractivity contribution in [3.63, 3.8) is 0 Å². The summed E-state index contributed by atoms with van der Waals surface area (Å²) >= 11 is 0. The molecule has 0 unspecified atom stereocenters. The van der Waals surface area contributed by atoms with Crippen molar-refractivity contribution in [1.29, 1.82) is 0 Å². The zero-order chi connectivity index (χ0) is 17.9. The minimum atomic E-state index is 0.343. The highest BCUT2D eigenvalue weighted by molar-refractivity contribution is 5.55. The third kappa shape index (κ3) is 3.72. The fraction of sp³-hybridized carbons (Fsp3) is 0.368. The largest absolute Gasteiger partial charge is 0.348 e. The third-order valence-corrected chi connectivity index (χ3v) is 4.69. The second kappa shape index (κ2) is 7.21. The van der Waals surface area contributed by atoms with Gasteiger partial charge in [-0.3, -0.25) is 4.90 Å². The first-order valence-electron chi connectivity index (χ1n) is 8.92. The van der Waals surface area contributed by atoms with E-state index < -0.39 is 0 Å². The van der Waals surface area contributed by atoms with Gasteiger partial charge in [0.2, 0.25) is 0 Å². The number of pyridine rings is 1. The molecule has 0 aromatic carbocycles. The Morgan fingerprint density at radius 2 is 2.15 bits per heavy atom. The van der Waals surface area contributed by atoms with Crippen LogP contribution in [0.25, 0.3) is 0 Å². The van der Waals surface area contributed by atoms with Gasteiger partial charge in [0.05, 0.1) is 6.54 Å². The van der Waals surface area contributed by atoms with E-state index in [1.54, 1.807) is 12.4 Å². The summed E-state index contributed by atoms with van der Waals surface area (Å²) < 4.78 is 0. The van der Waals surface area contributed by atoms with E-state index in [1.165, 1.54) is 0 Å². The van der Waals surface area contributed by atoms with Crippen LogP contribution in [-0.2, 0) is 6.54 Å². The van der Waals surface area contributed by atoms with E-state index in [0.717, 1.165) is 60.6 Å². The van der Waals surface area contributed by atoms with Gasteiger partial charge < -0.3 is 10.3 Å². The molecule has 3 aromatic rings. The molecule has 3 aromatic heterocycles. The summed E-state index contributed by atoms with van der Waals surface area (Å²) in [4.78, 5) is 23.7. The fourth-order valence-corrected chi connectivity index (χ4v) is 3.36. The summed E-state index contributed by atoms with van der Waals surface area (Å²) in [7, 11) is 0. The zero-order valence-corrected chi connectivity index (χ0v) is 15.1. The smallest absolute Gasteiger partial charge is 0.135 e. The number of aryl methyl sites for hydroxylation is 2. The summed E-state index contributed by atoms with van der Waals surface area (Å²) in [6, 6.07) is 5.93. The average molecular weight is 349 g/mol. The number of aromatic nitrogens is 5. The van der Waals surface area contributed by atoms with Crippen LogP contribution >= 0.6 is 0 Å². The lowest BCUT2D eigenvalue weighted by atomic mass is 10.1.